The highest BCUT2D eigenvalue weighted by molar-refractivity contribution is 7.99. The van der Waals surface area contributed by atoms with E-state index in [1.807, 2.05) is 12.1 Å². The van der Waals surface area contributed by atoms with Gasteiger partial charge in [-0.25, -0.2) is 4.39 Å². The van der Waals surface area contributed by atoms with E-state index in [2.05, 4.69) is 30.5 Å². The Labute approximate surface area is 125 Å². The summed E-state index contributed by atoms with van der Waals surface area (Å²) in [5.74, 6) is 1.95. The van der Waals surface area contributed by atoms with E-state index in [0.717, 1.165) is 11.2 Å². The summed E-state index contributed by atoms with van der Waals surface area (Å²) in [6.45, 7) is 8.16. The SMILES string of the molecule is CC(C)SCCCN1CC2CC2(c2ccc(F)cc2)C1. The van der Waals surface area contributed by atoms with Gasteiger partial charge in [0.05, 0.1) is 0 Å². The van der Waals surface area contributed by atoms with Crippen LogP contribution in [0.2, 0.25) is 0 Å². The van der Waals surface area contributed by atoms with Crippen LogP contribution in [0.4, 0.5) is 4.39 Å². The molecular formula is C17H24FNS. The molecule has 3 heteroatoms. The lowest BCUT2D eigenvalue weighted by Crippen LogP contribution is -2.28. The molecule has 2 aliphatic rings. The molecule has 0 radical (unpaired) electrons. The van der Waals surface area contributed by atoms with Crippen molar-refractivity contribution in [3.05, 3.63) is 35.6 Å². The molecule has 1 aromatic carbocycles. The Bertz CT molecular complexity index is 459. The minimum atomic E-state index is -0.122. The van der Waals surface area contributed by atoms with E-state index >= 15 is 0 Å². The van der Waals surface area contributed by atoms with Gasteiger partial charge in [0.15, 0.2) is 0 Å². The molecule has 20 heavy (non-hydrogen) atoms. The highest BCUT2D eigenvalue weighted by Crippen LogP contribution is 2.58. The highest BCUT2D eigenvalue weighted by atomic mass is 32.2. The molecule has 1 nitrogen and oxygen atoms in total. The number of benzene rings is 1. The van der Waals surface area contributed by atoms with E-state index in [1.54, 1.807) is 12.1 Å². The third kappa shape index (κ3) is 2.89. The minimum Gasteiger partial charge on any atom is -0.302 e. The molecule has 2 atom stereocenters. The Morgan fingerprint density at radius 3 is 2.80 bits per heavy atom. The molecule has 1 aliphatic carbocycles. The van der Waals surface area contributed by atoms with Gasteiger partial charge in [0.25, 0.3) is 0 Å². The van der Waals surface area contributed by atoms with Crippen LogP contribution in [0.1, 0.15) is 32.3 Å². The standard InChI is InChI=1S/C17H24FNS/c1-13(2)20-9-3-8-19-11-15-10-17(15,12-19)14-4-6-16(18)7-5-14/h4-7,13,15H,3,8-12H2,1-2H3. The summed E-state index contributed by atoms with van der Waals surface area (Å²) < 4.78 is 13.0. The third-order valence-electron chi connectivity index (χ3n) is 4.71. The molecule has 1 saturated carbocycles. The fourth-order valence-electron chi connectivity index (χ4n) is 3.59. The van der Waals surface area contributed by atoms with Crippen LogP contribution >= 0.6 is 11.8 Å². The Kier molecular flexibility index (Phi) is 4.09. The molecular weight excluding hydrogens is 269 g/mol. The predicted octanol–water partition coefficient (Wildman–Crippen LogP) is 3.93. The van der Waals surface area contributed by atoms with Gasteiger partial charge in [-0.15, -0.1) is 0 Å². The smallest absolute Gasteiger partial charge is 0.123 e. The first-order valence-corrected chi connectivity index (χ1v) is 8.75. The van der Waals surface area contributed by atoms with E-state index in [9.17, 15) is 4.39 Å². The first kappa shape index (κ1) is 14.4. The fraction of sp³-hybridized carbons (Fsp3) is 0.647. The third-order valence-corrected chi connectivity index (χ3v) is 5.90. The van der Waals surface area contributed by atoms with Gasteiger partial charge in [-0.1, -0.05) is 26.0 Å². The van der Waals surface area contributed by atoms with Crippen molar-refractivity contribution >= 4 is 11.8 Å². The van der Waals surface area contributed by atoms with E-state index in [-0.39, 0.29) is 5.82 Å². The summed E-state index contributed by atoms with van der Waals surface area (Å²) in [4.78, 5) is 2.61. The lowest BCUT2D eigenvalue weighted by atomic mass is 9.95. The number of fused-ring (bicyclic) bond motifs is 1. The van der Waals surface area contributed by atoms with Crippen molar-refractivity contribution in [1.29, 1.82) is 0 Å². The van der Waals surface area contributed by atoms with Crippen molar-refractivity contribution in [2.45, 2.75) is 37.4 Å². The van der Waals surface area contributed by atoms with Gasteiger partial charge >= 0.3 is 0 Å². The van der Waals surface area contributed by atoms with Gasteiger partial charge in [-0.2, -0.15) is 11.8 Å². The number of hydrogen-bond donors (Lipinski definition) is 0. The summed E-state index contributed by atoms with van der Waals surface area (Å²) in [5.41, 5.74) is 1.71. The Morgan fingerprint density at radius 1 is 1.35 bits per heavy atom. The van der Waals surface area contributed by atoms with Crippen LogP contribution in [0.15, 0.2) is 24.3 Å². The fourth-order valence-corrected chi connectivity index (χ4v) is 4.36. The molecule has 3 rings (SSSR count). The average molecular weight is 293 g/mol. The summed E-state index contributed by atoms with van der Waals surface area (Å²) >= 11 is 2.06. The van der Waals surface area contributed by atoms with Crippen LogP contribution in [0, 0.1) is 11.7 Å². The van der Waals surface area contributed by atoms with Crippen LogP contribution in [0.5, 0.6) is 0 Å². The lowest BCUT2D eigenvalue weighted by molar-refractivity contribution is 0.299. The van der Waals surface area contributed by atoms with Crippen LogP contribution in [0.25, 0.3) is 0 Å². The zero-order chi connectivity index (χ0) is 14.2. The van der Waals surface area contributed by atoms with Crippen LogP contribution < -0.4 is 0 Å². The van der Waals surface area contributed by atoms with E-state index in [0.29, 0.717) is 5.41 Å². The highest BCUT2D eigenvalue weighted by Gasteiger charge is 2.60. The van der Waals surface area contributed by atoms with Gasteiger partial charge < -0.3 is 4.90 Å². The zero-order valence-electron chi connectivity index (χ0n) is 12.4. The number of nitrogens with zero attached hydrogens (tertiary/aromatic N) is 1. The summed E-state index contributed by atoms with van der Waals surface area (Å²) in [6, 6.07) is 7.21. The van der Waals surface area contributed by atoms with Crippen LogP contribution in [0.3, 0.4) is 0 Å². The molecule has 2 fully saturated rings. The van der Waals surface area contributed by atoms with Gasteiger partial charge in [0.1, 0.15) is 5.82 Å². The van der Waals surface area contributed by atoms with Crippen molar-refractivity contribution in [3.8, 4) is 0 Å². The van der Waals surface area contributed by atoms with Crippen molar-refractivity contribution in [1.82, 2.24) is 4.90 Å². The maximum atomic E-state index is 13.0. The molecule has 1 aliphatic heterocycles. The van der Waals surface area contributed by atoms with Crippen molar-refractivity contribution in [2.24, 2.45) is 5.92 Å². The summed E-state index contributed by atoms with van der Waals surface area (Å²) in [7, 11) is 0. The van der Waals surface area contributed by atoms with Crippen molar-refractivity contribution in [3.63, 3.8) is 0 Å². The Morgan fingerprint density at radius 2 is 2.10 bits per heavy atom. The van der Waals surface area contributed by atoms with E-state index in [1.165, 1.54) is 43.8 Å². The number of likely N-dealkylation sites (tertiary alicyclic amines) is 1. The lowest BCUT2D eigenvalue weighted by Gasteiger charge is -2.21. The van der Waals surface area contributed by atoms with Gasteiger partial charge in [-0.05, 0) is 54.0 Å². The molecule has 0 N–H and O–H groups in total. The number of piperidine rings is 1. The maximum absolute atomic E-state index is 13.0. The number of rotatable bonds is 6. The topological polar surface area (TPSA) is 3.24 Å². The van der Waals surface area contributed by atoms with E-state index < -0.39 is 0 Å². The van der Waals surface area contributed by atoms with Crippen molar-refractivity contribution < 1.29 is 4.39 Å². The van der Waals surface area contributed by atoms with E-state index in [4.69, 9.17) is 0 Å². The number of halogens is 1. The van der Waals surface area contributed by atoms with Crippen molar-refractivity contribution in [2.75, 3.05) is 25.4 Å². The van der Waals surface area contributed by atoms with Gasteiger partial charge in [0.2, 0.25) is 0 Å². The molecule has 0 aromatic heterocycles. The van der Waals surface area contributed by atoms with Gasteiger partial charge in [0, 0.05) is 18.5 Å². The van der Waals surface area contributed by atoms with Gasteiger partial charge in [-0.3, -0.25) is 0 Å². The second-order valence-corrected chi connectivity index (χ2v) is 8.26. The molecule has 110 valence electrons. The molecule has 0 spiro atoms. The second-order valence-electron chi connectivity index (χ2n) is 6.57. The quantitative estimate of drug-likeness (QED) is 0.731. The molecule has 1 heterocycles. The maximum Gasteiger partial charge on any atom is 0.123 e. The number of hydrogen-bond acceptors (Lipinski definition) is 2. The van der Waals surface area contributed by atoms with Crippen LogP contribution in [-0.2, 0) is 5.41 Å². The normalized spacial score (nSPS) is 28.9. The average Bonchev–Trinajstić information content (AvgIpc) is 2.98. The molecule has 2 unspecified atom stereocenters. The molecule has 0 bridgehead atoms. The largest absolute Gasteiger partial charge is 0.302 e. The first-order valence-electron chi connectivity index (χ1n) is 7.70. The number of thioether (sulfide) groups is 1. The molecule has 1 saturated heterocycles. The minimum absolute atomic E-state index is 0.122. The predicted molar refractivity (Wildman–Crippen MR) is 84.8 cm³/mol. The Hall–Kier alpha value is -0.540. The molecule has 0 amide bonds. The summed E-state index contributed by atoms with van der Waals surface area (Å²) in [5, 5.41) is 0.743. The van der Waals surface area contributed by atoms with Crippen LogP contribution in [-0.4, -0.2) is 35.5 Å². The first-order chi connectivity index (χ1) is 9.60. The monoisotopic (exact) mass is 293 g/mol. The second kappa shape index (κ2) is 5.69. The molecule has 1 aromatic rings. The summed E-state index contributed by atoms with van der Waals surface area (Å²) in [6.07, 6.45) is 2.59. The zero-order valence-corrected chi connectivity index (χ0v) is 13.3. The Balaban J connectivity index is 1.51.